The van der Waals surface area contributed by atoms with Crippen molar-refractivity contribution >= 4 is 53.1 Å². The Kier molecular flexibility index (Phi) is 10.2. The standard InChI is InChI=1S/C18H25ClN6O.HI/c1-4-20-18(22-12-14-7-10-23-25(14)3)21-9-8-17(26)24-16-6-5-13(2)11-15(16)19;/h5-7,10-11H,4,8-9,12H2,1-3H3,(H,24,26)(H2,20,21,22);1H. The summed E-state index contributed by atoms with van der Waals surface area (Å²) in [5.41, 5.74) is 2.68. The number of benzene rings is 1. The van der Waals surface area contributed by atoms with Crippen LogP contribution in [0.3, 0.4) is 0 Å². The molecule has 0 unspecified atom stereocenters. The van der Waals surface area contributed by atoms with Gasteiger partial charge in [0.25, 0.3) is 0 Å². The first-order valence-corrected chi connectivity index (χ1v) is 8.92. The van der Waals surface area contributed by atoms with Gasteiger partial charge in [0.2, 0.25) is 5.91 Å². The van der Waals surface area contributed by atoms with Gasteiger partial charge in [0.05, 0.1) is 22.9 Å². The first kappa shape index (κ1) is 23.2. The summed E-state index contributed by atoms with van der Waals surface area (Å²) in [4.78, 5) is 16.6. The Morgan fingerprint density at radius 2 is 2.07 bits per heavy atom. The highest BCUT2D eigenvalue weighted by Crippen LogP contribution is 2.22. The molecule has 1 heterocycles. The molecule has 0 aliphatic carbocycles. The van der Waals surface area contributed by atoms with Crippen molar-refractivity contribution in [1.29, 1.82) is 0 Å². The minimum absolute atomic E-state index is 0. The van der Waals surface area contributed by atoms with E-state index in [1.54, 1.807) is 10.9 Å². The van der Waals surface area contributed by atoms with E-state index in [1.165, 1.54) is 0 Å². The van der Waals surface area contributed by atoms with Gasteiger partial charge in [0.1, 0.15) is 0 Å². The van der Waals surface area contributed by atoms with Gasteiger partial charge in [-0.2, -0.15) is 5.10 Å². The normalized spacial score (nSPS) is 10.9. The quantitative estimate of drug-likeness (QED) is 0.307. The zero-order valence-corrected chi connectivity index (χ0v) is 18.8. The second-order valence-corrected chi connectivity index (χ2v) is 6.26. The third kappa shape index (κ3) is 7.76. The molecule has 0 fully saturated rings. The van der Waals surface area contributed by atoms with Crippen LogP contribution in [-0.2, 0) is 18.4 Å². The largest absolute Gasteiger partial charge is 0.357 e. The first-order valence-electron chi connectivity index (χ1n) is 8.54. The molecule has 0 bridgehead atoms. The van der Waals surface area contributed by atoms with Crippen molar-refractivity contribution in [3.05, 3.63) is 46.7 Å². The van der Waals surface area contributed by atoms with Crippen LogP contribution in [0.4, 0.5) is 5.69 Å². The van der Waals surface area contributed by atoms with Gasteiger partial charge in [0, 0.05) is 32.8 Å². The second kappa shape index (κ2) is 11.8. The molecule has 7 nitrogen and oxygen atoms in total. The minimum atomic E-state index is -0.106. The lowest BCUT2D eigenvalue weighted by molar-refractivity contribution is -0.116. The number of nitrogens with zero attached hydrogens (tertiary/aromatic N) is 3. The number of aromatic nitrogens is 2. The molecular weight excluding hydrogens is 479 g/mol. The summed E-state index contributed by atoms with van der Waals surface area (Å²) >= 11 is 6.14. The maximum atomic E-state index is 12.1. The molecule has 0 atom stereocenters. The van der Waals surface area contributed by atoms with Gasteiger partial charge in [-0.25, -0.2) is 4.99 Å². The van der Waals surface area contributed by atoms with Crippen molar-refractivity contribution in [1.82, 2.24) is 20.4 Å². The lowest BCUT2D eigenvalue weighted by Crippen LogP contribution is -2.38. The van der Waals surface area contributed by atoms with Gasteiger partial charge in [-0.05, 0) is 37.6 Å². The fourth-order valence-electron chi connectivity index (χ4n) is 2.29. The number of halogens is 2. The van der Waals surface area contributed by atoms with Crippen LogP contribution in [0.5, 0.6) is 0 Å². The summed E-state index contributed by atoms with van der Waals surface area (Å²) < 4.78 is 1.78. The van der Waals surface area contributed by atoms with Crippen LogP contribution in [0.1, 0.15) is 24.6 Å². The number of aliphatic imine (C=N–C) groups is 1. The Hall–Kier alpha value is -1.81. The highest BCUT2D eigenvalue weighted by atomic mass is 127. The highest BCUT2D eigenvalue weighted by molar-refractivity contribution is 14.0. The number of hydrogen-bond donors (Lipinski definition) is 3. The van der Waals surface area contributed by atoms with Gasteiger partial charge in [-0.3, -0.25) is 9.48 Å². The van der Waals surface area contributed by atoms with Crippen LogP contribution in [-0.4, -0.2) is 34.7 Å². The molecule has 3 N–H and O–H groups in total. The van der Waals surface area contributed by atoms with Crippen LogP contribution < -0.4 is 16.0 Å². The molecule has 2 rings (SSSR count). The van der Waals surface area contributed by atoms with Crippen molar-refractivity contribution in [2.75, 3.05) is 18.4 Å². The molecule has 0 saturated heterocycles. The molecule has 1 amide bonds. The minimum Gasteiger partial charge on any atom is -0.357 e. The number of amides is 1. The summed E-state index contributed by atoms with van der Waals surface area (Å²) in [6, 6.07) is 7.46. The predicted octanol–water partition coefficient (Wildman–Crippen LogP) is 3.08. The third-order valence-corrected chi connectivity index (χ3v) is 4.02. The van der Waals surface area contributed by atoms with Crippen molar-refractivity contribution in [2.45, 2.75) is 26.8 Å². The topological polar surface area (TPSA) is 83.3 Å². The zero-order chi connectivity index (χ0) is 18.9. The van der Waals surface area contributed by atoms with E-state index in [-0.39, 0.29) is 29.9 Å². The van der Waals surface area contributed by atoms with Crippen molar-refractivity contribution < 1.29 is 4.79 Å². The number of aryl methyl sites for hydroxylation is 2. The van der Waals surface area contributed by atoms with Gasteiger partial charge in [-0.15, -0.1) is 24.0 Å². The Balaban J connectivity index is 0.00000364. The summed E-state index contributed by atoms with van der Waals surface area (Å²) in [6.45, 7) is 5.66. The van der Waals surface area contributed by atoms with Gasteiger partial charge in [-0.1, -0.05) is 17.7 Å². The second-order valence-electron chi connectivity index (χ2n) is 5.85. The Morgan fingerprint density at radius 1 is 1.30 bits per heavy atom. The number of guanidine groups is 1. The van der Waals surface area contributed by atoms with Crippen molar-refractivity contribution in [3.8, 4) is 0 Å². The number of carbonyl (C=O) groups is 1. The van der Waals surface area contributed by atoms with Gasteiger partial charge < -0.3 is 16.0 Å². The number of rotatable bonds is 7. The van der Waals surface area contributed by atoms with Crippen LogP contribution in [0, 0.1) is 6.92 Å². The Morgan fingerprint density at radius 3 is 2.70 bits per heavy atom. The zero-order valence-electron chi connectivity index (χ0n) is 15.8. The smallest absolute Gasteiger partial charge is 0.226 e. The molecule has 27 heavy (non-hydrogen) atoms. The SMILES string of the molecule is CCNC(=NCc1ccnn1C)NCCC(=O)Nc1ccc(C)cc1Cl.I. The molecule has 1 aromatic carbocycles. The number of nitrogens with one attached hydrogen (secondary N) is 3. The molecule has 148 valence electrons. The number of carbonyl (C=O) groups excluding carboxylic acids is 1. The molecule has 9 heteroatoms. The highest BCUT2D eigenvalue weighted by Gasteiger charge is 2.07. The van der Waals surface area contributed by atoms with E-state index in [2.05, 4.69) is 26.0 Å². The van der Waals surface area contributed by atoms with E-state index < -0.39 is 0 Å². The Bertz CT molecular complexity index is 777. The molecule has 0 radical (unpaired) electrons. The lowest BCUT2D eigenvalue weighted by atomic mass is 10.2. The van der Waals surface area contributed by atoms with E-state index in [9.17, 15) is 4.79 Å². The molecule has 0 aliphatic heterocycles. The third-order valence-electron chi connectivity index (χ3n) is 3.71. The lowest BCUT2D eigenvalue weighted by Gasteiger charge is -2.12. The maximum Gasteiger partial charge on any atom is 0.226 e. The molecule has 0 spiro atoms. The number of anilines is 1. The summed E-state index contributed by atoms with van der Waals surface area (Å²) in [5.74, 6) is 0.556. The van der Waals surface area contributed by atoms with Gasteiger partial charge in [0.15, 0.2) is 5.96 Å². The fraction of sp³-hybridized carbons (Fsp3) is 0.389. The van der Waals surface area contributed by atoms with Crippen LogP contribution >= 0.6 is 35.6 Å². The predicted molar refractivity (Wildman–Crippen MR) is 121 cm³/mol. The molecule has 2 aromatic rings. The fourth-order valence-corrected chi connectivity index (χ4v) is 2.57. The molecule has 0 aliphatic rings. The van der Waals surface area contributed by atoms with Crippen molar-refractivity contribution in [3.63, 3.8) is 0 Å². The van der Waals surface area contributed by atoms with E-state index in [0.717, 1.165) is 17.8 Å². The molecule has 0 saturated carbocycles. The molecular formula is C18H26ClIN6O. The number of hydrogen-bond acceptors (Lipinski definition) is 3. The van der Waals surface area contributed by atoms with E-state index in [0.29, 0.717) is 36.2 Å². The van der Waals surface area contributed by atoms with Crippen molar-refractivity contribution in [2.24, 2.45) is 12.0 Å². The Labute approximate surface area is 182 Å². The molecule has 1 aromatic heterocycles. The average molecular weight is 505 g/mol. The monoisotopic (exact) mass is 504 g/mol. The summed E-state index contributed by atoms with van der Waals surface area (Å²) in [5, 5.41) is 13.8. The van der Waals surface area contributed by atoms with Crippen LogP contribution in [0.2, 0.25) is 5.02 Å². The van der Waals surface area contributed by atoms with Gasteiger partial charge >= 0.3 is 0 Å². The van der Waals surface area contributed by atoms with E-state index >= 15 is 0 Å². The van der Waals surface area contributed by atoms with Crippen LogP contribution in [0.15, 0.2) is 35.5 Å². The first-order chi connectivity index (χ1) is 12.5. The maximum absolute atomic E-state index is 12.1. The summed E-state index contributed by atoms with van der Waals surface area (Å²) in [7, 11) is 1.88. The van der Waals surface area contributed by atoms with Crippen LogP contribution in [0.25, 0.3) is 0 Å². The van der Waals surface area contributed by atoms with E-state index in [1.807, 2.05) is 45.2 Å². The van der Waals surface area contributed by atoms with E-state index in [4.69, 9.17) is 11.6 Å². The summed E-state index contributed by atoms with van der Waals surface area (Å²) in [6.07, 6.45) is 2.05. The average Bonchev–Trinajstić information content (AvgIpc) is 3.00.